The third-order valence-electron chi connectivity index (χ3n) is 5.85. The number of hydrogen-bond donors (Lipinski definition) is 1. The largest absolute Gasteiger partial charge is 0.454 e. The van der Waals surface area contributed by atoms with Crippen LogP contribution in [-0.4, -0.2) is 36.7 Å². The standard InChI is InChI=1S/C23H28N2O3/c1-17(23(26)24-15-20-7-8-21-22(14-20)28-16-27-21)25-11-9-19(10-12-25)13-18-5-3-2-4-6-18/h2-8,14,17,19H,9-13,15-16H2,1H3,(H,24,26). The van der Waals surface area contributed by atoms with Crippen molar-refractivity contribution in [1.82, 2.24) is 10.2 Å². The van der Waals surface area contributed by atoms with E-state index in [-0.39, 0.29) is 18.7 Å². The summed E-state index contributed by atoms with van der Waals surface area (Å²) in [5.74, 6) is 2.31. The zero-order valence-corrected chi connectivity index (χ0v) is 16.4. The SMILES string of the molecule is CC(C(=O)NCc1ccc2c(c1)OCO2)N1CCC(Cc2ccccc2)CC1. The van der Waals surface area contributed by atoms with Gasteiger partial charge in [-0.05, 0) is 68.5 Å². The van der Waals surface area contributed by atoms with Crippen LogP contribution in [-0.2, 0) is 17.8 Å². The second kappa shape index (κ2) is 8.65. The minimum absolute atomic E-state index is 0.0826. The van der Waals surface area contributed by atoms with E-state index >= 15 is 0 Å². The molecule has 0 saturated carbocycles. The van der Waals surface area contributed by atoms with Gasteiger partial charge in [0.25, 0.3) is 0 Å². The number of benzene rings is 2. The van der Waals surface area contributed by atoms with Crippen LogP contribution in [0.3, 0.4) is 0 Å². The van der Waals surface area contributed by atoms with E-state index in [1.54, 1.807) is 0 Å². The molecule has 1 unspecified atom stereocenters. The number of fused-ring (bicyclic) bond motifs is 1. The Morgan fingerprint density at radius 3 is 2.61 bits per heavy atom. The average Bonchev–Trinajstić information content (AvgIpc) is 3.21. The fraction of sp³-hybridized carbons (Fsp3) is 0.435. The van der Waals surface area contributed by atoms with Gasteiger partial charge in [-0.3, -0.25) is 9.69 Å². The summed E-state index contributed by atoms with van der Waals surface area (Å²) in [7, 11) is 0. The Hall–Kier alpha value is -2.53. The van der Waals surface area contributed by atoms with Crippen LogP contribution in [0.2, 0.25) is 0 Å². The predicted octanol–water partition coefficient (Wildman–Crippen LogP) is 3.37. The topological polar surface area (TPSA) is 50.8 Å². The van der Waals surface area contributed by atoms with Gasteiger partial charge in [-0.1, -0.05) is 36.4 Å². The Balaban J connectivity index is 1.23. The first-order valence-corrected chi connectivity index (χ1v) is 10.1. The van der Waals surface area contributed by atoms with Crippen molar-refractivity contribution < 1.29 is 14.3 Å². The smallest absolute Gasteiger partial charge is 0.237 e. The molecule has 1 saturated heterocycles. The summed E-state index contributed by atoms with van der Waals surface area (Å²) < 4.78 is 10.7. The van der Waals surface area contributed by atoms with Gasteiger partial charge in [-0.15, -0.1) is 0 Å². The molecule has 0 aromatic heterocycles. The molecule has 1 atom stereocenters. The molecule has 0 aliphatic carbocycles. The molecule has 2 aromatic rings. The monoisotopic (exact) mass is 380 g/mol. The maximum absolute atomic E-state index is 12.6. The number of rotatable bonds is 6. The molecule has 2 aliphatic heterocycles. The number of carbonyl (C=O) groups excluding carboxylic acids is 1. The van der Waals surface area contributed by atoms with Crippen molar-refractivity contribution in [3.05, 3.63) is 59.7 Å². The molecular formula is C23H28N2O3. The van der Waals surface area contributed by atoms with Crippen molar-refractivity contribution in [2.75, 3.05) is 19.9 Å². The van der Waals surface area contributed by atoms with E-state index in [1.807, 2.05) is 25.1 Å². The lowest BCUT2D eigenvalue weighted by atomic mass is 9.89. The van der Waals surface area contributed by atoms with Crippen LogP contribution >= 0.6 is 0 Å². The summed E-state index contributed by atoms with van der Waals surface area (Å²) in [6, 6.07) is 16.4. The maximum atomic E-state index is 12.6. The molecule has 1 amide bonds. The van der Waals surface area contributed by atoms with E-state index in [2.05, 4.69) is 40.5 Å². The number of carbonyl (C=O) groups is 1. The lowest BCUT2D eigenvalue weighted by molar-refractivity contribution is -0.126. The van der Waals surface area contributed by atoms with Crippen LogP contribution in [0, 0.1) is 5.92 Å². The molecule has 5 nitrogen and oxygen atoms in total. The van der Waals surface area contributed by atoms with Gasteiger partial charge >= 0.3 is 0 Å². The van der Waals surface area contributed by atoms with Crippen molar-refractivity contribution in [3.63, 3.8) is 0 Å². The van der Waals surface area contributed by atoms with Gasteiger partial charge < -0.3 is 14.8 Å². The number of nitrogens with one attached hydrogen (secondary N) is 1. The van der Waals surface area contributed by atoms with E-state index in [0.717, 1.165) is 49.4 Å². The Morgan fingerprint density at radius 2 is 1.82 bits per heavy atom. The first kappa shape index (κ1) is 18.8. The highest BCUT2D eigenvalue weighted by molar-refractivity contribution is 5.81. The second-order valence-electron chi connectivity index (χ2n) is 7.75. The third-order valence-corrected chi connectivity index (χ3v) is 5.85. The molecular weight excluding hydrogens is 352 g/mol. The molecule has 2 heterocycles. The van der Waals surface area contributed by atoms with Gasteiger partial charge in [0, 0.05) is 6.54 Å². The zero-order valence-electron chi connectivity index (χ0n) is 16.4. The molecule has 0 bridgehead atoms. The summed E-state index contributed by atoms with van der Waals surface area (Å²) in [6.45, 7) is 4.74. The molecule has 2 aliphatic rings. The van der Waals surface area contributed by atoms with Gasteiger partial charge in [0.2, 0.25) is 12.7 Å². The average molecular weight is 380 g/mol. The van der Waals surface area contributed by atoms with Crippen molar-refractivity contribution in [3.8, 4) is 11.5 Å². The van der Waals surface area contributed by atoms with Gasteiger partial charge in [0.15, 0.2) is 11.5 Å². The minimum atomic E-state index is -0.105. The van der Waals surface area contributed by atoms with E-state index in [1.165, 1.54) is 5.56 Å². The molecule has 148 valence electrons. The van der Waals surface area contributed by atoms with Gasteiger partial charge in [-0.2, -0.15) is 0 Å². The van der Waals surface area contributed by atoms with Crippen LogP contribution in [0.1, 0.15) is 30.9 Å². The maximum Gasteiger partial charge on any atom is 0.237 e. The van der Waals surface area contributed by atoms with E-state index in [0.29, 0.717) is 12.5 Å². The third kappa shape index (κ3) is 4.47. The molecule has 0 radical (unpaired) electrons. The summed E-state index contributed by atoms with van der Waals surface area (Å²) in [5, 5.41) is 3.06. The lowest BCUT2D eigenvalue weighted by Gasteiger charge is -2.35. The highest BCUT2D eigenvalue weighted by Gasteiger charge is 2.26. The molecule has 2 aromatic carbocycles. The Morgan fingerprint density at radius 1 is 1.07 bits per heavy atom. The summed E-state index contributed by atoms with van der Waals surface area (Å²) in [5.41, 5.74) is 2.43. The second-order valence-corrected chi connectivity index (χ2v) is 7.75. The molecule has 5 heteroatoms. The van der Waals surface area contributed by atoms with E-state index in [9.17, 15) is 4.79 Å². The Bertz CT molecular complexity index is 801. The predicted molar refractivity (Wildman–Crippen MR) is 108 cm³/mol. The van der Waals surface area contributed by atoms with Crippen LogP contribution < -0.4 is 14.8 Å². The van der Waals surface area contributed by atoms with Crippen LogP contribution in [0.15, 0.2) is 48.5 Å². The van der Waals surface area contributed by atoms with Crippen molar-refractivity contribution in [2.24, 2.45) is 5.92 Å². The Labute approximate surface area is 166 Å². The quantitative estimate of drug-likeness (QED) is 0.835. The Kier molecular flexibility index (Phi) is 5.81. The number of amides is 1. The van der Waals surface area contributed by atoms with Gasteiger partial charge in [-0.25, -0.2) is 0 Å². The number of hydrogen-bond acceptors (Lipinski definition) is 4. The number of ether oxygens (including phenoxy) is 2. The molecule has 1 fully saturated rings. The zero-order chi connectivity index (χ0) is 19.3. The number of likely N-dealkylation sites (tertiary alicyclic amines) is 1. The van der Waals surface area contributed by atoms with E-state index < -0.39 is 0 Å². The van der Waals surface area contributed by atoms with Gasteiger partial charge in [0.1, 0.15) is 0 Å². The molecule has 0 spiro atoms. The summed E-state index contributed by atoms with van der Waals surface area (Å²) in [4.78, 5) is 14.9. The fourth-order valence-corrected chi connectivity index (χ4v) is 4.05. The van der Waals surface area contributed by atoms with Gasteiger partial charge in [0.05, 0.1) is 6.04 Å². The van der Waals surface area contributed by atoms with E-state index in [4.69, 9.17) is 9.47 Å². The lowest BCUT2D eigenvalue weighted by Crippen LogP contribution is -2.48. The molecule has 4 rings (SSSR count). The van der Waals surface area contributed by atoms with Crippen molar-refractivity contribution in [1.29, 1.82) is 0 Å². The van der Waals surface area contributed by atoms with Crippen LogP contribution in [0.5, 0.6) is 11.5 Å². The highest BCUT2D eigenvalue weighted by atomic mass is 16.7. The number of nitrogens with zero attached hydrogens (tertiary/aromatic N) is 1. The highest BCUT2D eigenvalue weighted by Crippen LogP contribution is 2.32. The van der Waals surface area contributed by atoms with Crippen molar-refractivity contribution >= 4 is 5.91 Å². The van der Waals surface area contributed by atoms with Crippen LogP contribution in [0.25, 0.3) is 0 Å². The van der Waals surface area contributed by atoms with Crippen molar-refractivity contribution in [2.45, 2.75) is 38.8 Å². The molecule has 1 N–H and O–H groups in total. The minimum Gasteiger partial charge on any atom is -0.454 e. The first-order valence-electron chi connectivity index (χ1n) is 10.1. The first-order chi connectivity index (χ1) is 13.7. The molecule has 28 heavy (non-hydrogen) atoms. The summed E-state index contributed by atoms with van der Waals surface area (Å²) >= 11 is 0. The number of piperidine rings is 1. The van der Waals surface area contributed by atoms with Crippen LogP contribution in [0.4, 0.5) is 0 Å². The fourth-order valence-electron chi connectivity index (χ4n) is 4.05. The normalized spacial score (nSPS) is 18.0. The summed E-state index contributed by atoms with van der Waals surface area (Å²) in [6.07, 6.45) is 3.43.